The fraction of sp³-hybridized carbons (Fsp3) is 0.250. The van der Waals surface area contributed by atoms with Gasteiger partial charge in [-0.3, -0.25) is 10.1 Å². The molecule has 1 aromatic carbocycles. The summed E-state index contributed by atoms with van der Waals surface area (Å²) >= 11 is 0. The van der Waals surface area contributed by atoms with E-state index in [-0.39, 0.29) is 12.2 Å². The minimum atomic E-state index is -1.25. The summed E-state index contributed by atoms with van der Waals surface area (Å²) in [6.07, 6.45) is -1.25. The summed E-state index contributed by atoms with van der Waals surface area (Å²) in [7, 11) is 0. The number of alkyl halides is 1. The molecule has 0 radical (unpaired) electrons. The Morgan fingerprint density at radius 2 is 2.00 bits per heavy atom. The average Bonchev–Trinajstić information content (AvgIpc) is 2.17. The normalized spacial score (nSPS) is 12.5. The van der Waals surface area contributed by atoms with Crippen molar-refractivity contribution in [1.29, 1.82) is 0 Å². The molecular weight excluding hydrogens is 175 g/mol. The van der Waals surface area contributed by atoms with E-state index in [0.717, 1.165) is 0 Å². The van der Waals surface area contributed by atoms with Gasteiger partial charge in [0.2, 0.25) is 0 Å². The quantitative estimate of drug-likeness (QED) is 0.572. The van der Waals surface area contributed by atoms with Gasteiger partial charge in [-0.25, -0.2) is 4.39 Å². The van der Waals surface area contributed by atoms with Crippen LogP contribution < -0.4 is 5.73 Å². The molecule has 0 saturated carbocycles. The smallest absolute Gasteiger partial charge is 0.269 e. The second-order valence-corrected chi connectivity index (χ2v) is 2.55. The number of rotatable bonds is 3. The van der Waals surface area contributed by atoms with Crippen LogP contribution in [-0.2, 0) is 0 Å². The van der Waals surface area contributed by atoms with E-state index in [9.17, 15) is 14.5 Å². The Bertz CT molecular complexity index is 300. The van der Waals surface area contributed by atoms with Crippen molar-refractivity contribution in [3.63, 3.8) is 0 Å². The van der Waals surface area contributed by atoms with Crippen LogP contribution in [0.2, 0.25) is 0 Å². The monoisotopic (exact) mass is 184 g/mol. The van der Waals surface area contributed by atoms with E-state index in [1.807, 2.05) is 0 Å². The summed E-state index contributed by atoms with van der Waals surface area (Å²) in [4.78, 5) is 9.71. The highest BCUT2D eigenvalue weighted by Crippen LogP contribution is 2.19. The van der Waals surface area contributed by atoms with E-state index in [0.29, 0.717) is 5.56 Å². The van der Waals surface area contributed by atoms with Crippen molar-refractivity contribution in [1.82, 2.24) is 0 Å². The Morgan fingerprint density at radius 1 is 1.46 bits per heavy atom. The predicted molar refractivity (Wildman–Crippen MR) is 46.0 cm³/mol. The molecule has 1 unspecified atom stereocenters. The summed E-state index contributed by atoms with van der Waals surface area (Å²) < 4.78 is 12.9. The number of halogens is 1. The van der Waals surface area contributed by atoms with Gasteiger partial charge in [-0.1, -0.05) is 0 Å². The third-order valence-corrected chi connectivity index (χ3v) is 1.67. The first-order valence-corrected chi connectivity index (χ1v) is 3.73. The average molecular weight is 184 g/mol. The van der Waals surface area contributed by atoms with Crippen molar-refractivity contribution in [3.05, 3.63) is 39.9 Å². The zero-order valence-electron chi connectivity index (χ0n) is 6.81. The van der Waals surface area contributed by atoms with Crippen molar-refractivity contribution in [2.45, 2.75) is 6.17 Å². The third-order valence-electron chi connectivity index (χ3n) is 1.67. The molecule has 1 atom stereocenters. The fourth-order valence-electron chi connectivity index (χ4n) is 0.941. The van der Waals surface area contributed by atoms with Gasteiger partial charge in [0.05, 0.1) is 4.92 Å². The van der Waals surface area contributed by atoms with Crippen molar-refractivity contribution >= 4 is 5.69 Å². The summed E-state index contributed by atoms with van der Waals surface area (Å²) in [5.41, 5.74) is 5.41. The first-order valence-electron chi connectivity index (χ1n) is 3.73. The topological polar surface area (TPSA) is 69.2 Å². The zero-order valence-corrected chi connectivity index (χ0v) is 6.81. The van der Waals surface area contributed by atoms with Gasteiger partial charge >= 0.3 is 0 Å². The van der Waals surface area contributed by atoms with Gasteiger partial charge in [0.25, 0.3) is 5.69 Å². The van der Waals surface area contributed by atoms with E-state index < -0.39 is 11.1 Å². The number of hydrogen-bond donors (Lipinski definition) is 1. The molecule has 1 aromatic rings. The maximum Gasteiger partial charge on any atom is 0.269 e. The van der Waals surface area contributed by atoms with Crippen molar-refractivity contribution < 1.29 is 9.31 Å². The summed E-state index contributed by atoms with van der Waals surface area (Å²) in [6, 6.07) is 5.26. The lowest BCUT2D eigenvalue weighted by molar-refractivity contribution is -0.384. The molecule has 1 rings (SSSR count). The van der Waals surface area contributed by atoms with Crippen LogP contribution in [0.1, 0.15) is 11.7 Å². The van der Waals surface area contributed by atoms with Crippen molar-refractivity contribution in [2.75, 3.05) is 6.54 Å². The first kappa shape index (κ1) is 9.60. The number of nitro groups is 1. The van der Waals surface area contributed by atoms with Gasteiger partial charge in [-0.05, 0) is 17.7 Å². The highest BCUT2D eigenvalue weighted by molar-refractivity contribution is 5.33. The zero-order chi connectivity index (χ0) is 9.84. The molecule has 0 aliphatic rings. The molecule has 70 valence electrons. The molecule has 0 bridgehead atoms. The number of nitrogens with two attached hydrogens (primary N) is 1. The Labute approximate surface area is 74.3 Å². The first-order chi connectivity index (χ1) is 6.15. The van der Waals surface area contributed by atoms with E-state index >= 15 is 0 Å². The molecule has 0 spiro atoms. The Hall–Kier alpha value is -1.49. The molecule has 0 saturated heterocycles. The summed E-state index contributed by atoms with van der Waals surface area (Å²) in [5, 5.41) is 10.2. The molecule has 0 fully saturated rings. The van der Waals surface area contributed by atoms with Crippen LogP contribution in [0.4, 0.5) is 10.1 Å². The molecule has 13 heavy (non-hydrogen) atoms. The van der Waals surface area contributed by atoms with Crippen molar-refractivity contribution in [2.24, 2.45) is 5.73 Å². The number of nitrogens with zero attached hydrogens (tertiary/aromatic N) is 1. The van der Waals surface area contributed by atoms with Crippen LogP contribution in [0.3, 0.4) is 0 Å². The number of hydrogen-bond acceptors (Lipinski definition) is 3. The van der Waals surface area contributed by atoms with Crippen LogP contribution in [0.15, 0.2) is 24.3 Å². The van der Waals surface area contributed by atoms with Crippen LogP contribution in [0, 0.1) is 10.1 Å². The van der Waals surface area contributed by atoms with Gasteiger partial charge in [0.1, 0.15) is 6.17 Å². The molecule has 0 aliphatic carbocycles. The Kier molecular flexibility index (Phi) is 2.92. The highest BCUT2D eigenvalue weighted by atomic mass is 19.1. The standard InChI is InChI=1S/C8H9FN2O2/c9-8(5-10)6-1-3-7(4-2-6)11(12)13/h1-4,8H,5,10H2. The van der Waals surface area contributed by atoms with E-state index in [4.69, 9.17) is 5.73 Å². The lowest BCUT2D eigenvalue weighted by atomic mass is 10.1. The number of non-ortho nitro benzene ring substituents is 1. The van der Waals surface area contributed by atoms with E-state index in [1.54, 1.807) is 0 Å². The lowest BCUT2D eigenvalue weighted by Crippen LogP contribution is -2.07. The van der Waals surface area contributed by atoms with Gasteiger partial charge in [0, 0.05) is 18.7 Å². The number of benzene rings is 1. The second kappa shape index (κ2) is 3.95. The maximum atomic E-state index is 12.9. The second-order valence-electron chi connectivity index (χ2n) is 2.55. The van der Waals surface area contributed by atoms with Gasteiger partial charge in [-0.2, -0.15) is 0 Å². The predicted octanol–water partition coefficient (Wildman–Crippen LogP) is 1.56. The van der Waals surface area contributed by atoms with Gasteiger partial charge < -0.3 is 5.73 Å². The minimum absolute atomic E-state index is 0.0482. The fourth-order valence-corrected chi connectivity index (χ4v) is 0.941. The summed E-state index contributed by atoms with van der Waals surface area (Å²) in [5.74, 6) is 0. The van der Waals surface area contributed by atoms with Crippen LogP contribution in [0.25, 0.3) is 0 Å². The largest absolute Gasteiger partial charge is 0.327 e. The van der Waals surface area contributed by atoms with Gasteiger partial charge in [-0.15, -0.1) is 0 Å². The number of nitro benzene ring substituents is 1. The maximum absolute atomic E-state index is 12.9. The van der Waals surface area contributed by atoms with Crippen LogP contribution in [-0.4, -0.2) is 11.5 Å². The van der Waals surface area contributed by atoms with E-state index in [1.165, 1.54) is 24.3 Å². The minimum Gasteiger partial charge on any atom is -0.327 e. The third kappa shape index (κ3) is 2.22. The van der Waals surface area contributed by atoms with Crippen LogP contribution >= 0.6 is 0 Å². The molecule has 0 heterocycles. The molecule has 2 N–H and O–H groups in total. The molecule has 0 aromatic heterocycles. The Balaban J connectivity index is 2.87. The SMILES string of the molecule is NCC(F)c1ccc([N+](=O)[O-])cc1. The van der Waals surface area contributed by atoms with Crippen LogP contribution in [0.5, 0.6) is 0 Å². The molecular formula is C8H9FN2O2. The molecule has 0 amide bonds. The highest BCUT2D eigenvalue weighted by Gasteiger charge is 2.09. The van der Waals surface area contributed by atoms with Crippen molar-refractivity contribution in [3.8, 4) is 0 Å². The Morgan fingerprint density at radius 3 is 2.38 bits per heavy atom. The van der Waals surface area contributed by atoms with E-state index in [2.05, 4.69) is 0 Å². The molecule has 5 heteroatoms. The summed E-state index contributed by atoms with van der Waals surface area (Å²) in [6.45, 7) is -0.113. The van der Waals surface area contributed by atoms with Gasteiger partial charge in [0.15, 0.2) is 0 Å². The lowest BCUT2D eigenvalue weighted by Gasteiger charge is -2.03. The molecule has 0 aliphatic heterocycles. The molecule has 4 nitrogen and oxygen atoms in total.